The number of hydrogen-bond donors (Lipinski definition) is 0. The molecule has 2 rings (SSSR count). The molecule has 3 nitrogen and oxygen atoms in total. The van der Waals surface area contributed by atoms with Crippen molar-refractivity contribution in [2.24, 2.45) is 23.7 Å². The lowest BCUT2D eigenvalue weighted by molar-refractivity contribution is -0.154. The van der Waals surface area contributed by atoms with Gasteiger partial charge in [-0.15, -0.1) is 0 Å². The summed E-state index contributed by atoms with van der Waals surface area (Å²) in [6, 6.07) is 0. The first kappa shape index (κ1) is 9.44. The van der Waals surface area contributed by atoms with Crippen molar-refractivity contribution >= 4 is 11.9 Å². The highest BCUT2D eigenvalue weighted by atomic mass is 16.6. The molecule has 3 atom stereocenters. The van der Waals surface area contributed by atoms with Gasteiger partial charge in [0.25, 0.3) is 0 Å². The van der Waals surface area contributed by atoms with Gasteiger partial charge in [0.15, 0.2) is 0 Å². The van der Waals surface area contributed by atoms with Crippen LogP contribution in [0.1, 0.15) is 20.3 Å². The molecule has 0 radical (unpaired) electrons. The Morgan fingerprint density at radius 2 is 2.07 bits per heavy atom. The van der Waals surface area contributed by atoms with E-state index in [1.165, 1.54) is 0 Å². The molecule has 0 aromatic heterocycles. The standard InChI is InChI=1S/C11H14O3/c1-6(2)7-4-3-5-8-9(7)11(13)14-10(8)12/h3-4,6-9H,5H2,1-2H3. The Balaban J connectivity index is 2.30. The maximum absolute atomic E-state index is 11.5. The summed E-state index contributed by atoms with van der Waals surface area (Å²) in [4.78, 5) is 22.8. The van der Waals surface area contributed by atoms with E-state index < -0.39 is 0 Å². The van der Waals surface area contributed by atoms with Crippen LogP contribution in [-0.2, 0) is 14.3 Å². The van der Waals surface area contributed by atoms with Crippen LogP contribution >= 0.6 is 0 Å². The first-order valence-corrected chi connectivity index (χ1v) is 5.03. The monoisotopic (exact) mass is 194 g/mol. The van der Waals surface area contributed by atoms with E-state index in [2.05, 4.69) is 18.6 Å². The number of hydrogen-bond acceptors (Lipinski definition) is 3. The highest BCUT2D eigenvalue weighted by molar-refractivity contribution is 5.97. The first-order chi connectivity index (χ1) is 6.61. The zero-order valence-corrected chi connectivity index (χ0v) is 8.40. The Morgan fingerprint density at radius 3 is 2.71 bits per heavy atom. The van der Waals surface area contributed by atoms with Crippen molar-refractivity contribution in [2.75, 3.05) is 0 Å². The van der Waals surface area contributed by atoms with Crippen LogP contribution in [-0.4, -0.2) is 11.9 Å². The van der Waals surface area contributed by atoms with E-state index >= 15 is 0 Å². The number of allylic oxidation sites excluding steroid dienone is 2. The summed E-state index contributed by atoms with van der Waals surface area (Å²) < 4.78 is 4.67. The smallest absolute Gasteiger partial charge is 0.318 e. The average Bonchev–Trinajstić information content (AvgIpc) is 2.43. The van der Waals surface area contributed by atoms with Crippen LogP contribution in [0.15, 0.2) is 12.2 Å². The van der Waals surface area contributed by atoms with Crippen molar-refractivity contribution in [1.29, 1.82) is 0 Å². The van der Waals surface area contributed by atoms with Gasteiger partial charge in [0.05, 0.1) is 11.8 Å². The molecule has 1 heterocycles. The van der Waals surface area contributed by atoms with Crippen LogP contribution in [0, 0.1) is 23.7 Å². The average molecular weight is 194 g/mol. The van der Waals surface area contributed by atoms with Gasteiger partial charge in [-0.05, 0) is 18.3 Å². The predicted molar refractivity (Wildman–Crippen MR) is 50.2 cm³/mol. The van der Waals surface area contributed by atoms with Crippen LogP contribution in [0.3, 0.4) is 0 Å². The van der Waals surface area contributed by atoms with Gasteiger partial charge in [-0.2, -0.15) is 0 Å². The second kappa shape index (κ2) is 3.23. The van der Waals surface area contributed by atoms with Crippen LogP contribution in [0.5, 0.6) is 0 Å². The van der Waals surface area contributed by atoms with Crippen LogP contribution in [0.4, 0.5) is 0 Å². The van der Waals surface area contributed by atoms with E-state index in [4.69, 9.17) is 0 Å². The molecule has 1 aliphatic carbocycles. The highest BCUT2D eigenvalue weighted by Crippen LogP contribution is 2.40. The fourth-order valence-corrected chi connectivity index (χ4v) is 2.36. The van der Waals surface area contributed by atoms with Gasteiger partial charge in [0.1, 0.15) is 0 Å². The molecule has 0 aromatic rings. The van der Waals surface area contributed by atoms with Crippen molar-refractivity contribution in [3.05, 3.63) is 12.2 Å². The lowest BCUT2D eigenvalue weighted by Crippen LogP contribution is -2.30. The minimum Gasteiger partial charge on any atom is -0.393 e. The Morgan fingerprint density at radius 1 is 1.36 bits per heavy atom. The molecular formula is C11H14O3. The lowest BCUT2D eigenvalue weighted by atomic mass is 9.73. The van der Waals surface area contributed by atoms with Crippen LogP contribution in [0.25, 0.3) is 0 Å². The third-order valence-electron chi connectivity index (χ3n) is 3.14. The molecule has 0 spiro atoms. The third kappa shape index (κ3) is 1.27. The number of esters is 2. The van der Waals surface area contributed by atoms with Crippen molar-refractivity contribution in [3.8, 4) is 0 Å². The van der Waals surface area contributed by atoms with E-state index in [0.29, 0.717) is 12.3 Å². The lowest BCUT2D eigenvalue weighted by Gasteiger charge is -2.27. The minimum atomic E-state index is -0.338. The maximum Gasteiger partial charge on any atom is 0.318 e. The summed E-state index contributed by atoms with van der Waals surface area (Å²) >= 11 is 0. The van der Waals surface area contributed by atoms with Crippen molar-refractivity contribution < 1.29 is 14.3 Å². The first-order valence-electron chi connectivity index (χ1n) is 5.03. The van der Waals surface area contributed by atoms with Gasteiger partial charge in [0, 0.05) is 0 Å². The highest BCUT2D eigenvalue weighted by Gasteiger charge is 2.49. The number of fused-ring (bicyclic) bond motifs is 1. The zero-order chi connectivity index (χ0) is 10.3. The molecule has 2 aliphatic rings. The second-order valence-corrected chi connectivity index (χ2v) is 4.36. The van der Waals surface area contributed by atoms with E-state index in [9.17, 15) is 9.59 Å². The molecule has 0 N–H and O–H groups in total. The summed E-state index contributed by atoms with van der Waals surface area (Å²) in [6.45, 7) is 4.13. The van der Waals surface area contributed by atoms with E-state index in [1.54, 1.807) is 0 Å². The van der Waals surface area contributed by atoms with Gasteiger partial charge >= 0.3 is 11.9 Å². The molecule has 3 heteroatoms. The molecule has 0 saturated carbocycles. The predicted octanol–water partition coefficient (Wildman–Crippen LogP) is 1.53. The van der Waals surface area contributed by atoms with Gasteiger partial charge in [-0.25, -0.2) is 0 Å². The Labute approximate surface area is 83.1 Å². The maximum atomic E-state index is 11.5. The molecule has 1 saturated heterocycles. The van der Waals surface area contributed by atoms with E-state index in [-0.39, 0.29) is 29.7 Å². The fraction of sp³-hybridized carbons (Fsp3) is 0.636. The summed E-state index contributed by atoms with van der Waals surface area (Å²) in [5.74, 6) is -0.587. The molecule has 14 heavy (non-hydrogen) atoms. The summed E-state index contributed by atoms with van der Waals surface area (Å²) in [5, 5.41) is 0. The van der Waals surface area contributed by atoms with Crippen LogP contribution in [0.2, 0.25) is 0 Å². The molecule has 1 fully saturated rings. The van der Waals surface area contributed by atoms with E-state index in [1.807, 2.05) is 12.2 Å². The molecule has 0 bridgehead atoms. The SMILES string of the molecule is CC(C)C1C=CCC2C(=O)OC(=O)C21. The van der Waals surface area contributed by atoms with Gasteiger partial charge < -0.3 is 4.74 Å². The normalized spacial score (nSPS) is 36.1. The van der Waals surface area contributed by atoms with E-state index in [0.717, 1.165) is 0 Å². The Kier molecular flexibility index (Phi) is 2.17. The summed E-state index contributed by atoms with van der Waals surface area (Å²) in [7, 11) is 0. The molecule has 76 valence electrons. The molecule has 0 amide bonds. The van der Waals surface area contributed by atoms with Crippen molar-refractivity contribution in [2.45, 2.75) is 20.3 Å². The quantitative estimate of drug-likeness (QED) is 0.361. The Bertz CT molecular complexity index is 304. The molecular weight excluding hydrogens is 180 g/mol. The molecule has 0 aromatic carbocycles. The number of rotatable bonds is 1. The molecule has 3 unspecified atom stereocenters. The van der Waals surface area contributed by atoms with Crippen molar-refractivity contribution in [3.63, 3.8) is 0 Å². The topological polar surface area (TPSA) is 43.4 Å². The number of cyclic esters (lactones) is 2. The van der Waals surface area contributed by atoms with Gasteiger partial charge in [-0.3, -0.25) is 9.59 Å². The Hall–Kier alpha value is -1.12. The number of carbonyl (C=O) groups excluding carboxylic acids is 2. The minimum absolute atomic E-state index is 0.160. The summed E-state index contributed by atoms with van der Waals surface area (Å²) in [6.07, 6.45) is 4.69. The number of ether oxygens (including phenoxy) is 1. The fourth-order valence-electron chi connectivity index (χ4n) is 2.36. The summed E-state index contributed by atoms with van der Waals surface area (Å²) in [5.41, 5.74) is 0. The van der Waals surface area contributed by atoms with Crippen molar-refractivity contribution in [1.82, 2.24) is 0 Å². The second-order valence-electron chi connectivity index (χ2n) is 4.36. The third-order valence-corrected chi connectivity index (χ3v) is 3.14. The van der Waals surface area contributed by atoms with Gasteiger partial charge in [-0.1, -0.05) is 26.0 Å². The molecule has 1 aliphatic heterocycles. The largest absolute Gasteiger partial charge is 0.393 e. The zero-order valence-electron chi connectivity index (χ0n) is 8.40. The van der Waals surface area contributed by atoms with Crippen LogP contribution < -0.4 is 0 Å². The number of carbonyl (C=O) groups is 2. The van der Waals surface area contributed by atoms with Gasteiger partial charge in [0.2, 0.25) is 0 Å².